The maximum absolute atomic E-state index is 13.7. The molecule has 5 rings (SSSR count). The summed E-state index contributed by atoms with van der Waals surface area (Å²) >= 11 is 0. The Hall–Kier alpha value is -3.17. The highest BCUT2D eigenvalue weighted by Crippen LogP contribution is 2.28. The number of aromatic amines is 2. The molecule has 9 nitrogen and oxygen atoms in total. The Kier molecular flexibility index (Phi) is 3.92. The molecular formula is C18H20FN7O2. The number of anilines is 1. The molecule has 1 unspecified atom stereocenters. The van der Waals surface area contributed by atoms with Crippen LogP contribution in [0.3, 0.4) is 0 Å². The highest BCUT2D eigenvalue weighted by molar-refractivity contribution is 5.58. The minimum atomic E-state index is -0.859. The van der Waals surface area contributed by atoms with Crippen LogP contribution in [0.5, 0.6) is 5.88 Å². The number of hydrogen-bond acceptors (Lipinski definition) is 6. The Morgan fingerprint density at radius 3 is 2.89 bits per heavy atom. The maximum atomic E-state index is 13.7. The Labute approximate surface area is 158 Å². The lowest BCUT2D eigenvalue weighted by Crippen LogP contribution is -2.26. The zero-order valence-electron chi connectivity index (χ0n) is 15.1. The molecule has 1 atom stereocenters. The number of alkyl halides is 1. The van der Waals surface area contributed by atoms with Gasteiger partial charge in [0.1, 0.15) is 17.7 Å². The van der Waals surface area contributed by atoms with Crippen LogP contribution < -0.4 is 21.3 Å². The Balaban J connectivity index is 1.68. The van der Waals surface area contributed by atoms with Gasteiger partial charge in [-0.25, -0.2) is 14.2 Å². The lowest BCUT2D eigenvalue weighted by Gasteiger charge is -2.16. The molecule has 10 heteroatoms. The molecule has 1 aliphatic heterocycles. The second kappa shape index (κ2) is 6.47. The van der Waals surface area contributed by atoms with Crippen molar-refractivity contribution in [2.24, 2.45) is 10.9 Å². The maximum Gasteiger partial charge on any atom is 0.326 e. The van der Waals surface area contributed by atoms with Crippen LogP contribution in [0.4, 0.5) is 10.2 Å². The fourth-order valence-electron chi connectivity index (χ4n) is 3.42. The molecular weight excluding hydrogens is 365 g/mol. The van der Waals surface area contributed by atoms with Gasteiger partial charge in [0.05, 0.1) is 12.7 Å². The monoisotopic (exact) mass is 385 g/mol. The molecule has 1 aliphatic carbocycles. The molecule has 28 heavy (non-hydrogen) atoms. The Morgan fingerprint density at radius 1 is 1.36 bits per heavy atom. The van der Waals surface area contributed by atoms with Gasteiger partial charge in [0.25, 0.3) is 0 Å². The molecule has 0 radical (unpaired) electrons. The first-order valence-electron chi connectivity index (χ1n) is 9.38. The number of fused-ring (bicyclic) bond motifs is 1. The van der Waals surface area contributed by atoms with Crippen molar-refractivity contribution < 1.29 is 9.50 Å². The van der Waals surface area contributed by atoms with Crippen LogP contribution in [0.15, 0.2) is 22.1 Å². The highest BCUT2D eigenvalue weighted by Gasteiger charge is 2.24. The molecule has 0 spiro atoms. The summed E-state index contributed by atoms with van der Waals surface area (Å²) < 4.78 is 15.3. The molecule has 2 aliphatic rings. The Bertz CT molecular complexity index is 1210. The van der Waals surface area contributed by atoms with Crippen molar-refractivity contribution in [3.05, 3.63) is 39.1 Å². The summed E-state index contributed by atoms with van der Waals surface area (Å²) in [5.41, 5.74) is 0.949. The third-order valence-corrected chi connectivity index (χ3v) is 5.17. The quantitative estimate of drug-likeness (QED) is 0.578. The zero-order chi connectivity index (χ0) is 19.3. The summed E-state index contributed by atoms with van der Waals surface area (Å²) in [6, 6.07) is 1.85. The van der Waals surface area contributed by atoms with Crippen LogP contribution in [0, 0.1) is 5.92 Å². The van der Waals surface area contributed by atoms with Gasteiger partial charge in [-0.05, 0) is 31.3 Å². The van der Waals surface area contributed by atoms with E-state index in [2.05, 4.69) is 20.1 Å². The van der Waals surface area contributed by atoms with Crippen molar-refractivity contribution in [1.29, 1.82) is 0 Å². The predicted octanol–water partition coefficient (Wildman–Crippen LogP) is -0.142. The Morgan fingerprint density at radius 2 is 2.21 bits per heavy atom. The van der Waals surface area contributed by atoms with Crippen LogP contribution in [0.2, 0.25) is 0 Å². The average molecular weight is 385 g/mol. The smallest absolute Gasteiger partial charge is 0.326 e. The first kappa shape index (κ1) is 17.0. The number of aromatic nitrogens is 5. The van der Waals surface area contributed by atoms with E-state index < -0.39 is 11.9 Å². The van der Waals surface area contributed by atoms with E-state index in [1.165, 1.54) is 12.8 Å². The van der Waals surface area contributed by atoms with Gasteiger partial charge in [-0.15, -0.1) is 0 Å². The minimum absolute atomic E-state index is 0.244. The first-order chi connectivity index (χ1) is 13.6. The number of nitrogens with one attached hydrogen (secondary N) is 2. The number of H-pyrrole nitrogens is 2. The summed E-state index contributed by atoms with van der Waals surface area (Å²) in [4.78, 5) is 27.5. The predicted molar refractivity (Wildman–Crippen MR) is 99.7 cm³/mol. The lowest BCUT2D eigenvalue weighted by atomic mass is 10.3. The summed E-state index contributed by atoms with van der Waals surface area (Å²) in [5.74, 6) is 1.03. The average Bonchev–Trinajstić information content (AvgIpc) is 3.11. The van der Waals surface area contributed by atoms with E-state index in [9.17, 15) is 14.3 Å². The van der Waals surface area contributed by atoms with Crippen molar-refractivity contribution in [2.75, 3.05) is 24.5 Å². The van der Waals surface area contributed by atoms with Crippen molar-refractivity contribution in [3.8, 4) is 5.88 Å². The number of nitrogens with zero attached hydrogens (tertiary/aromatic N) is 5. The third-order valence-electron chi connectivity index (χ3n) is 5.17. The van der Waals surface area contributed by atoms with E-state index in [1.807, 2.05) is 11.0 Å². The lowest BCUT2D eigenvalue weighted by molar-refractivity contribution is 0.364. The normalized spacial score (nSPS) is 21.3. The van der Waals surface area contributed by atoms with Crippen molar-refractivity contribution >= 4 is 17.5 Å². The van der Waals surface area contributed by atoms with Crippen LogP contribution in [0.25, 0.3) is 11.7 Å². The largest absolute Gasteiger partial charge is 0.493 e. The topological polar surface area (TPSA) is 115 Å². The molecule has 1 saturated carbocycles. The van der Waals surface area contributed by atoms with E-state index in [0.29, 0.717) is 47.6 Å². The van der Waals surface area contributed by atoms with Crippen LogP contribution in [-0.2, 0) is 0 Å². The number of hydrogen-bond donors (Lipinski definition) is 3. The van der Waals surface area contributed by atoms with E-state index >= 15 is 0 Å². The molecule has 1 saturated heterocycles. The summed E-state index contributed by atoms with van der Waals surface area (Å²) in [6.45, 7) is 1.64. The highest BCUT2D eigenvalue weighted by atomic mass is 19.1. The molecule has 0 amide bonds. The van der Waals surface area contributed by atoms with Gasteiger partial charge >= 0.3 is 5.69 Å². The van der Waals surface area contributed by atoms with E-state index in [-0.39, 0.29) is 11.6 Å². The summed E-state index contributed by atoms with van der Waals surface area (Å²) in [5, 5.41) is 14.8. The van der Waals surface area contributed by atoms with Gasteiger partial charge in [-0.2, -0.15) is 9.61 Å². The number of imidazole rings is 1. The van der Waals surface area contributed by atoms with Crippen LogP contribution >= 0.6 is 0 Å². The third kappa shape index (κ3) is 3.14. The van der Waals surface area contributed by atoms with Gasteiger partial charge in [-0.1, -0.05) is 0 Å². The zero-order valence-corrected chi connectivity index (χ0v) is 15.1. The van der Waals surface area contributed by atoms with E-state index in [0.717, 1.165) is 6.54 Å². The van der Waals surface area contributed by atoms with Crippen molar-refractivity contribution in [2.45, 2.75) is 25.4 Å². The van der Waals surface area contributed by atoms with E-state index in [4.69, 9.17) is 4.99 Å². The molecule has 0 bridgehead atoms. The molecule has 3 aromatic rings. The molecule has 3 aromatic heterocycles. The fraction of sp³-hybridized carbons (Fsp3) is 0.444. The molecule has 4 heterocycles. The number of aromatic hydroxyl groups is 1. The van der Waals surface area contributed by atoms with Crippen molar-refractivity contribution in [1.82, 2.24) is 24.6 Å². The van der Waals surface area contributed by atoms with Crippen LogP contribution in [0.1, 0.15) is 25.0 Å². The fourth-order valence-corrected chi connectivity index (χ4v) is 3.42. The number of halogens is 1. The molecule has 146 valence electrons. The standard InChI is InChI=1S/C18H20FN7O2/c19-12-3-4-25(9-12)15-6-14(20-7-10-1-2-10)26-16(23-15)11(8-21-26)5-13-17(27)24-18(28)22-13/h5-6,8,10,12,27H,1-4,7,9H2,(H2,22,24,28). The van der Waals surface area contributed by atoms with Gasteiger partial charge < -0.3 is 15.0 Å². The SMILES string of the molecule is O=c1[nH]c(O)c(C=c2cnn3c(=NCC4CC4)cc(N4CCC(F)C4)nc23)[nH]1. The van der Waals surface area contributed by atoms with Gasteiger partial charge in [0.15, 0.2) is 11.1 Å². The molecule has 3 N–H and O–H groups in total. The first-order valence-corrected chi connectivity index (χ1v) is 9.38. The van der Waals surface area contributed by atoms with Gasteiger partial charge in [0.2, 0.25) is 5.88 Å². The summed E-state index contributed by atoms with van der Waals surface area (Å²) in [6.07, 6.45) is 5.21. The van der Waals surface area contributed by atoms with E-state index in [1.54, 1.807) is 16.8 Å². The van der Waals surface area contributed by atoms with Crippen molar-refractivity contribution in [3.63, 3.8) is 0 Å². The minimum Gasteiger partial charge on any atom is -0.493 e. The second-order valence-corrected chi connectivity index (χ2v) is 7.41. The number of rotatable bonds is 4. The van der Waals surface area contributed by atoms with Gasteiger partial charge in [-0.3, -0.25) is 9.98 Å². The second-order valence-electron chi connectivity index (χ2n) is 7.41. The van der Waals surface area contributed by atoms with Gasteiger partial charge in [0, 0.05) is 24.4 Å². The van der Waals surface area contributed by atoms with Crippen LogP contribution in [-0.4, -0.2) is 55.5 Å². The molecule has 2 fully saturated rings. The summed E-state index contributed by atoms with van der Waals surface area (Å²) in [7, 11) is 0. The molecule has 0 aromatic carbocycles.